The molecule has 2 N–H and O–H groups in total. The topological polar surface area (TPSA) is 32.3 Å². The monoisotopic (exact) mass is 253 g/mol. The summed E-state index contributed by atoms with van der Waals surface area (Å²) < 4.78 is 0. The number of phenols is 1. The number of benzene rings is 2. The molecule has 0 radical (unpaired) electrons. The van der Waals surface area contributed by atoms with Gasteiger partial charge >= 0.3 is 0 Å². The summed E-state index contributed by atoms with van der Waals surface area (Å²) in [4.78, 5) is 0. The summed E-state index contributed by atoms with van der Waals surface area (Å²) in [7, 11) is 0. The van der Waals surface area contributed by atoms with E-state index in [1.807, 2.05) is 12.1 Å². The molecule has 0 aliphatic heterocycles. The van der Waals surface area contributed by atoms with Crippen molar-refractivity contribution in [2.45, 2.75) is 31.8 Å². The number of rotatable bonds is 3. The maximum Gasteiger partial charge on any atom is 0.119 e. The van der Waals surface area contributed by atoms with Crippen LogP contribution in [-0.2, 0) is 19.4 Å². The van der Waals surface area contributed by atoms with E-state index in [1.165, 1.54) is 11.1 Å². The van der Waals surface area contributed by atoms with Gasteiger partial charge in [0.1, 0.15) is 5.75 Å². The van der Waals surface area contributed by atoms with Gasteiger partial charge in [-0.3, -0.25) is 0 Å². The van der Waals surface area contributed by atoms with Crippen molar-refractivity contribution in [3.8, 4) is 5.75 Å². The first-order valence-corrected chi connectivity index (χ1v) is 6.90. The van der Waals surface area contributed by atoms with E-state index in [2.05, 4.69) is 35.6 Å². The van der Waals surface area contributed by atoms with Crippen LogP contribution in [0.1, 0.15) is 23.1 Å². The first kappa shape index (κ1) is 12.2. The molecule has 0 amide bonds. The van der Waals surface area contributed by atoms with Crippen LogP contribution in [0.4, 0.5) is 0 Å². The fourth-order valence-corrected chi connectivity index (χ4v) is 2.82. The predicted molar refractivity (Wildman–Crippen MR) is 77.2 cm³/mol. The number of nitrogens with one attached hydrogen (secondary N) is 1. The highest BCUT2D eigenvalue weighted by molar-refractivity contribution is 5.41. The first-order chi connectivity index (χ1) is 9.33. The third-order valence-electron chi connectivity index (χ3n) is 3.90. The number of phenolic OH excluding ortho intramolecular Hbond substituents is 1. The molecule has 19 heavy (non-hydrogen) atoms. The number of hydrogen-bond acceptors (Lipinski definition) is 2. The molecular formula is C17H19NO. The molecule has 2 nitrogen and oxygen atoms in total. The van der Waals surface area contributed by atoms with Crippen molar-refractivity contribution in [2.24, 2.45) is 0 Å². The molecular weight excluding hydrogens is 234 g/mol. The van der Waals surface area contributed by atoms with E-state index in [0.717, 1.165) is 31.4 Å². The Bertz CT molecular complexity index is 550. The van der Waals surface area contributed by atoms with Crippen LogP contribution in [0, 0.1) is 0 Å². The summed E-state index contributed by atoms with van der Waals surface area (Å²) in [5.74, 6) is 0.457. The van der Waals surface area contributed by atoms with Crippen LogP contribution < -0.4 is 5.32 Å². The van der Waals surface area contributed by atoms with E-state index < -0.39 is 0 Å². The minimum Gasteiger partial charge on any atom is -0.508 e. The molecule has 1 aliphatic rings. The average molecular weight is 253 g/mol. The molecule has 0 spiro atoms. The third kappa shape index (κ3) is 2.79. The van der Waals surface area contributed by atoms with Gasteiger partial charge in [0.2, 0.25) is 0 Å². The summed E-state index contributed by atoms with van der Waals surface area (Å²) in [6.45, 7) is 0.916. The quantitative estimate of drug-likeness (QED) is 0.881. The summed E-state index contributed by atoms with van der Waals surface area (Å²) >= 11 is 0. The standard InChI is InChI=1S/C17H19NO/c19-17-8-4-7-14-11-15(9-10-16(14)17)18-12-13-5-2-1-3-6-13/h1-8,15,18-19H,9-12H2. The van der Waals surface area contributed by atoms with Gasteiger partial charge in [-0.15, -0.1) is 0 Å². The van der Waals surface area contributed by atoms with Crippen molar-refractivity contribution in [3.05, 3.63) is 65.2 Å². The molecule has 3 rings (SSSR count). The lowest BCUT2D eigenvalue weighted by atomic mass is 9.87. The zero-order chi connectivity index (χ0) is 13.1. The molecule has 0 bridgehead atoms. The SMILES string of the molecule is Oc1cccc2c1CCC(NCc1ccccc1)C2. The molecule has 1 aliphatic carbocycles. The van der Waals surface area contributed by atoms with Crippen molar-refractivity contribution < 1.29 is 5.11 Å². The van der Waals surface area contributed by atoms with E-state index in [4.69, 9.17) is 0 Å². The van der Waals surface area contributed by atoms with Crippen molar-refractivity contribution in [2.75, 3.05) is 0 Å². The van der Waals surface area contributed by atoms with Gasteiger partial charge in [0.15, 0.2) is 0 Å². The van der Waals surface area contributed by atoms with Crippen molar-refractivity contribution in [3.63, 3.8) is 0 Å². The summed E-state index contributed by atoms with van der Waals surface area (Å²) in [6.07, 6.45) is 3.07. The van der Waals surface area contributed by atoms with Gasteiger partial charge in [0, 0.05) is 12.6 Å². The fraction of sp³-hybridized carbons (Fsp3) is 0.294. The second-order valence-electron chi connectivity index (χ2n) is 5.22. The Balaban J connectivity index is 1.63. The minimum atomic E-state index is 0.457. The maximum atomic E-state index is 9.83. The smallest absolute Gasteiger partial charge is 0.119 e. The second-order valence-corrected chi connectivity index (χ2v) is 5.22. The average Bonchev–Trinajstić information content (AvgIpc) is 2.46. The minimum absolute atomic E-state index is 0.457. The predicted octanol–water partition coefficient (Wildman–Crippen LogP) is 3.04. The number of hydrogen-bond donors (Lipinski definition) is 2. The highest BCUT2D eigenvalue weighted by Crippen LogP contribution is 2.28. The molecule has 1 unspecified atom stereocenters. The summed E-state index contributed by atoms with van der Waals surface area (Å²) in [6, 6.07) is 16.9. The Morgan fingerprint density at radius 1 is 1.05 bits per heavy atom. The van der Waals surface area contributed by atoms with E-state index in [9.17, 15) is 5.11 Å². The molecule has 0 heterocycles. The lowest BCUT2D eigenvalue weighted by molar-refractivity contribution is 0.431. The van der Waals surface area contributed by atoms with Crippen LogP contribution >= 0.6 is 0 Å². The van der Waals surface area contributed by atoms with E-state index >= 15 is 0 Å². The van der Waals surface area contributed by atoms with Gasteiger partial charge in [0.25, 0.3) is 0 Å². The van der Waals surface area contributed by atoms with Gasteiger partial charge in [-0.05, 0) is 42.0 Å². The molecule has 0 saturated heterocycles. The molecule has 2 heteroatoms. The van der Waals surface area contributed by atoms with Crippen LogP contribution in [0.5, 0.6) is 5.75 Å². The lowest BCUT2D eigenvalue weighted by Crippen LogP contribution is -2.34. The highest BCUT2D eigenvalue weighted by Gasteiger charge is 2.19. The number of fused-ring (bicyclic) bond motifs is 1. The largest absolute Gasteiger partial charge is 0.508 e. The summed E-state index contributed by atoms with van der Waals surface area (Å²) in [5.41, 5.74) is 3.75. The molecule has 2 aromatic rings. The van der Waals surface area contributed by atoms with Crippen LogP contribution in [0.15, 0.2) is 48.5 Å². The second kappa shape index (κ2) is 5.45. The molecule has 0 aromatic heterocycles. The van der Waals surface area contributed by atoms with Crippen molar-refractivity contribution in [1.82, 2.24) is 5.32 Å². The van der Waals surface area contributed by atoms with Crippen molar-refractivity contribution in [1.29, 1.82) is 0 Å². The molecule has 98 valence electrons. The third-order valence-corrected chi connectivity index (χ3v) is 3.90. The Kier molecular flexibility index (Phi) is 3.51. The first-order valence-electron chi connectivity index (χ1n) is 6.90. The van der Waals surface area contributed by atoms with Gasteiger partial charge in [-0.2, -0.15) is 0 Å². The Labute approximate surface area is 114 Å². The van der Waals surface area contributed by atoms with Crippen LogP contribution in [-0.4, -0.2) is 11.1 Å². The van der Waals surface area contributed by atoms with Crippen LogP contribution in [0.2, 0.25) is 0 Å². The molecule has 2 aromatic carbocycles. The highest BCUT2D eigenvalue weighted by atomic mass is 16.3. The van der Waals surface area contributed by atoms with Gasteiger partial charge < -0.3 is 10.4 Å². The van der Waals surface area contributed by atoms with Gasteiger partial charge in [-0.25, -0.2) is 0 Å². The molecule has 0 fully saturated rings. The Morgan fingerprint density at radius 2 is 1.89 bits per heavy atom. The molecule has 1 atom stereocenters. The van der Waals surface area contributed by atoms with Gasteiger partial charge in [0.05, 0.1) is 0 Å². The summed E-state index contributed by atoms with van der Waals surface area (Å²) in [5, 5.41) is 13.4. The lowest BCUT2D eigenvalue weighted by Gasteiger charge is -2.26. The fourth-order valence-electron chi connectivity index (χ4n) is 2.82. The maximum absolute atomic E-state index is 9.83. The Morgan fingerprint density at radius 3 is 2.74 bits per heavy atom. The zero-order valence-electron chi connectivity index (χ0n) is 11.0. The Hall–Kier alpha value is -1.80. The van der Waals surface area contributed by atoms with Gasteiger partial charge in [-0.1, -0.05) is 42.5 Å². The van der Waals surface area contributed by atoms with Crippen molar-refractivity contribution >= 4 is 0 Å². The van der Waals surface area contributed by atoms with E-state index in [-0.39, 0.29) is 0 Å². The van der Waals surface area contributed by atoms with Crippen LogP contribution in [0.25, 0.3) is 0 Å². The zero-order valence-corrected chi connectivity index (χ0v) is 11.0. The normalized spacial score (nSPS) is 18.0. The van der Waals surface area contributed by atoms with E-state index in [1.54, 1.807) is 6.07 Å². The molecule has 0 saturated carbocycles. The van der Waals surface area contributed by atoms with E-state index in [0.29, 0.717) is 11.8 Å². The van der Waals surface area contributed by atoms with Crippen LogP contribution in [0.3, 0.4) is 0 Å². The number of aromatic hydroxyl groups is 1.